The molecule has 114 valence electrons. The molecule has 0 bridgehead atoms. The van der Waals surface area contributed by atoms with Gasteiger partial charge in [-0.1, -0.05) is 0 Å². The summed E-state index contributed by atoms with van der Waals surface area (Å²) in [5.41, 5.74) is 5.42. The first-order valence-corrected chi connectivity index (χ1v) is 8.47. The number of rotatable bonds is 7. The van der Waals surface area contributed by atoms with Crippen molar-refractivity contribution in [2.75, 3.05) is 26.2 Å². The number of aromatic nitrogens is 2. The molecule has 1 aromatic heterocycles. The van der Waals surface area contributed by atoms with Crippen LogP contribution in [0.4, 0.5) is 0 Å². The van der Waals surface area contributed by atoms with Gasteiger partial charge in [0.15, 0.2) is 0 Å². The molecule has 0 radical (unpaired) electrons. The van der Waals surface area contributed by atoms with Crippen LogP contribution in [0.2, 0.25) is 0 Å². The molecule has 2 rings (SSSR count). The van der Waals surface area contributed by atoms with Gasteiger partial charge < -0.3 is 5.73 Å². The lowest BCUT2D eigenvalue weighted by Crippen LogP contribution is -2.40. The fraction of sp³-hybridized carbons (Fsp3) is 0.750. The smallest absolute Gasteiger partial charge is 0.243 e. The highest BCUT2D eigenvalue weighted by molar-refractivity contribution is 7.89. The molecule has 1 aliphatic heterocycles. The summed E-state index contributed by atoms with van der Waals surface area (Å²) in [6, 6.07) is 0.214. The van der Waals surface area contributed by atoms with Crippen LogP contribution in [0, 0.1) is 0 Å². The third kappa shape index (κ3) is 3.78. The van der Waals surface area contributed by atoms with Gasteiger partial charge in [-0.3, -0.25) is 9.58 Å². The van der Waals surface area contributed by atoms with E-state index in [1.165, 1.54) is 25.2 Å². The van der Waals surface area contributed by atoms with E-state index in [1.54, 1.807) is 4.68 Å². The first kappa shape index (κ1) is 15.4. The second-order valence-corrected chi connectivity index (χ2v) is 6.94. The number of nitrogens with one attached hydrogen (secondary N) is 1. The molecule has 0 aromatic carbocycles. The van der Waals surface area contributed by atoms with Crippen molar-refractivity contribution in [2.45, 2.75) is 37.2 Å². The molecule has 0 aliphatic carbocycles. The minimum absolute atomic E-state index is 0.194. The van der Waals surface area contributed by atoms with Gasteiger partial charge in [-0.15, -0.1) is 0 Å². The van der Waals surface area contributed by atoms with Crippen molar-refractivity contribution in [1.82, 2.24) is 19.4 Å². The van der Waals surface area contributed by atoms with Crippen LogP contribution in [0.25, 0.3) is 0 Å². The molecule has 1 saturated heterocycles. The Kier molecular flexibility index (Phi) is 5.14. The van der Waals surface area contributed by atoms with Crippen LogP contribution in [-0.4, -0.2) is 55.3 Å². The number of hydrogen-bond acceptors (Lipinski definition) is 5. The minimum Gasteiger partial charge on any atom is -0.329 e. The zero-order valence-corrected chi connectivity index (χ0v) is 12.6. The normalized spacial score (nSPS) is 18.5. The van der Waals surface area contributed by atoms with Gasteiger partial charge in [-0.25, -0.2) is 13.1 Å². The Bertz CT molecular complexity index is 522. The van der Waals surface area contributed by atoms with Gasteiger partial charge in [0.1, 0.15) is 4.90 Å². The Morgan fingerprint density at radius 2 is 2.15 bits per heavy atom. The van der Waals surface area contributed by atoms with Gasteiger partial charge in [-0.05, 0) is 32.9 Å². The molecular formula is C12H23N5O2S. The molecule has 0 spiro atoms. The summed E-state index contributed by atoms with van der Waals surface area (Å²) in [5, 5.41) is 3.98. The van der Waals surface area contributed by atoms with Crippen LogP contribution >= 0.6 is 0 Å². The van der Waals surface area contributed by atoms with E-state index in [2.05, 4.69) is 14.7 Å². The van der Waals surface area contributed by atoms with Gasteiger partial charge in [0.05, 0.1) is 12.7 Å². The standard InChI is InChI=1S/C12H23N5O2S/c1-11(16-5-2-3-6-16)8-15-20(18,19)12-9-14-17(10-12)7-4-13/h9-11,15H,2-8,13H2,1H3. The van der Waals surface area contributed by atoms with Gasteiger partial charge in [0.25, 0.3) is 0 Å². The van der Waals surface area contributed by atoms with Crippen molar-refractivity contribution >= 4 is 10.0 Å². The van der Waals surface area contributed by atoms with Crippen LogP contribution in [0.5, 0.6) is 0 Å². The summed E-state index contributed by atoms with van der Waals surface area (Å²) in [6.07, 6.45) is 5.26. The van der Waals surface area contributed by atoms with Crippen LogP contribution in [-0.2, 0) is 16.6 Å². The monoisotopic (exact) mass is 301 g/mol. The Morgan fingerprint density at radius 3 is 2.80 bits per heavy atom. The van der Waals surface area contributed by atoms with Crippen molar-refractivity contribution in [3.63, 3.8) is 0 Å². The topological polar surface area (TPSA) is 93.2 Å². The van der Waals surface area contributed by atoms with Crippen molar-refractivity contribution in [3.05, 3.63) is 12.4 Å². The van der Waals surface area contributed by atoms with E-state index < -0.39 is 10.0 Å². The zero-order chi connectivity index (χ0) is 14.6. The second-order valence-electron chi connectivity index (χ2n) is 5.17. The second kappa shape index (κ2) is 6.66. The molecule has 2 heterocycles. The highest BCUT2D eigenvalue weighted by Gasteiger charge is 2.21. The summed E-state index contributed by atoms with van der Waals surface area (Å²) in [5.74, 6) is 0. The maximum atomic E-state index is 12.2. The van der Waals surface area contributed by atoms with Gasteiger partial charge in [0, 0.05) is 25.3 Å². The molecule has 3 N–H and O–H groups in total. The van der Waals surface area contributed by atoms with Gasteiger partial charge in [0.2, 0.25) is 10.0 Å². The predicted octanol–water partition coefficient (Wildman–Crippen LogP) is -0.396. The van der Waals surface area contributed by atoms with Gasteiger partial charge >= 0.3 is 0 Å². The molecular weight excluding hydrogens is 278 g/mol. The first-order chi connectivity index (χ1) is 9.53. The Labute approximate surface area is 120 Å². The number of sulfonamides is 1. The molecule has 1 aromatic rings. The lowest BCUT2D eigenvalue weighted by Gasteiger charge is -2.23. The largest absolute Gasteiger partial charge is 0.329 e. The number of likely N-dealkylation sites (tertiary alicyclic amines) is 1. The van der Waals surface area contributed by atoms with E-state index >= 15 is 0 Å². The molecule has 1 fully saturated rings. The summed E-state index contributed by atoms with van der Waals surface area (Å²) in [4.78, 5) is 2.50. The van der Waals surface area contributed by atoms with Crippen LogP contribution in [0.3, 0.4) is 0 Å². The quantitative estimate of drug-likeness (QED) is 0.715. The molecule has 0 amide bonds. The number of hydrogen-bond donors (Lipinski definition) is 2. The summed E-state index contributed by atoms with van der Waals surface area (Å²) in [7, 11) is -3.48. The lowest BCUT2D eigenvalue weighted by atomic mass is 10.3. The zero-order valence-electron chi connectivity index (χ0n) is 11.8. The van der Waals surface area contributed by atoms with Crippen LogP contribution in [0.15, 0.2) is 17.3 Å². The van der Waals surface area contributed by atoms with Crippen molar-refractivity contribution in [2.24, 2.45) is 5.73 Å². The minimum atomic E-state index is -3.48. The molecule has 1 aliphatic rings. The Hall–Kier alpha value is -0.960. The Balaban J connectivity index is 1.92. The summed E-state index contributed by atoms with van der Waals surface area (Å²) >= 11 is 0. The molecule has 8 heteroatoms. The maximum Gasteiger partial charge on any atom is 0.243 e. The molecule has 1 unspecified atom stereocenters. The molecule has 7 nitrogen and oxygen atoms in total. The van der Waals surface area contributed by atoms with Crippen molar-refractivity contribution < 1.29 is 8.42 Å². The van der Waals surface area contributed by atoms with Gasteiger partial charge in [-0.2, -0.15) is 5.10 Å². The fourth-order valence-corrected chi connectivity index (χ4v) is 3.44. The third-order valence-electron chi connectivity index (χ3n) is 3.61. The summed E-state index contributed by atoms with van der Waals surface area (Å²) < 4.78 is 28.5. The van der Waals surface area contributed by atoms with E-state index in [4.69, 9.17) is 5.73 Å². The van der Waals surface area contributed by atoms with Crippen LogP contribution < -0.4 is 10.5 Å². The lowest BCUT2D eigenvalue weighted by molar-refractivity contribution is 0.260. The Morgan fingerprint density at radius 1 is 1.45 bits per heavy atom. The predicted molar refractivity (Wildman–Crippen MR) is 76.7 cm³/mol. The molecule has 20 heavy (non-hydrogen) atoms. The van der Waals surface area contributed by atoms with Crippen LogP contribution in [0.1, 0.15) is 19.8 Å². The molecule has 0 saturated carbocycles. The van der Waals surface area contributed by atoms with Crippen molar-refractivity contribution in [1.29, 1.82) is 0 Å². The van der Waals surface area contributed by atoms with E-state index in [0.717, 1.165) is 13.1 Å². The fourth-order valence-electron chi connectivity index (χ4n) is 2.36. The van der Waals surface area contributed by atoms with Crippen molar-refractivity contribution in [3.8, 4) is 0 Å². The average Bonchev–Trinajstić information content (AvgIpc) is 3.07. The first-order valence-electron chi connectivity index (χ1n) is 6.99. The number of nitrogens with two attached hydrogens (primary N) is 1. The average molecular weight is 301 g/mol. The molecule has 1 atom stereocenters. The van der Waals surface area contributed by atoms with E-state index in [0.29, 0.717) is 19.6 Å². The third-order valence-corrected chi connectivity index (χ3v) is 4.99. The van der Waals surface area contributed by atoms with E-state index in [1.807, 2.05) is 6.92 Å². The summed E-state index contributed by atoms with van der Waals surface area (Å²) in [6.45, 7) is 5.52. The van der Waals surface area contributed by atoms with E-state index in [9.17, 15) is 8.42 Å². The highest BCUT2D eigenvalue weighted by Crippen LogP contribution is 2.12. The SMILES string of the molecule is CC(CNS(=O)(=O)c1cnn(CCN)c1)N1CCCC1. The number of nitrogens with zero attached hydrogens (tertiary/aromatic N) is 3. The maximum absolute atomic E-state index is 12.2. The highest BCUT2D eigenvalue weighted by atomic mass is 32.2. The van der Waals surface area contributed by atoms with E-state index in [-0.39, 0.29) is 10.9 Å².